The molecule has 0 radical (unpaired) electrons. The zero-order valence-corrected chi connectivity index (χ0v) is 27.9. The summed E-state index contributed by atoms with van der Waals surface area (Å²) in [6.07, 6.45) is 2.50. The molecule has 4 rings (SSSR count). The first kappa shape index (κ1) is 34.5. The van der Waals surface area contributed by atoms with Gasteiger partial charge in [0.2, 0.25) is 0 Å². The van der Waals surface area contributed by atoms with Gasteiger partial charge in [-0.05, 0) is 70.8 Å². The van der Waals surface area contributed by atoms with Crippen molar-refractivity contribution in [3.63, 3.8) is 0 Å². The van der Waals surface area contributed by atoms with Crippen LogP contribution in [0.4, 0.5) is 16.4 Å². The third kappa shape index (κ3) is 9.33. The number of nitrogen functional groups attached to an aromatic ring is 1. The van der Waals surface area contributed by atoms with Crippen molar-refractivity contribution >= 4 is 46.8 Å². The standard InChI is InChI=1S/C31H43Cl2N9O3/c1-5-23-19-41(14-15-42(23)24-8-12-40(13-9-24)18-20-6-7-22(32)16-21(20)17-34)28-26(33)38-25(27(35)39-28)29(43)36-10-11-37-30(44)45-31(2,3)4/h6-7,16,23-24H,5,8-15,18-19H2,1-4H3,(H2,35,39)(H,36,43)(H,37,44)/t23-/m0/s1. The lowest BCUT2D eigenvalue weighted by Gasteiger charge is -2.47. The van der Waals surface area contributed by atoms with E-state index in [2.05, 4.69) is 48.3 Å². The Morgan fingerprint density at radius 1 is 1.11 bits per heavy atom. The summed E-state index contributed by atoms with van der Waals surface area (Å²) in [5, 5.41) is 15.5. The van der Waals surface area contributed by atoms with Crippen LogP contribution in [-0.2, 0) is 11.3 Å². The van der Waals surface area contributed by atoms with Crippen molar-refractivity contribution in [2.45, 2.75) is 71.2 Å². The van der Waals surface area contributed by atoms with E-state index in [0.717, 1.165) is 57.5 Å². The first-order chi connectivity index (χ1) is 21.4. The molecule has 0 bridgehead atoms. The Morgan fingerprint density at radius 2 is 1.82 bits per heavy atom. The molecule has 2 fully saturated rings. The highest BCUT2D eigenvalue weighted by atomic mass is 35.5. The summed E-state index contributed by atoms with van der Waals surface area (Å²) in [6.45, 7) is 12.8. The Bertz CT molecular complexity index is 1400. The molecule has 0 spiro atoms. The molecule has 1 aromatic carbocycles. The van der Waals surface area contributed by atoms with Crippen LogP contribution in [0.15, 0.2) is 18.2 Å². The predicted molar refractivity (Wildman–Crippen MR) is 175 cm³/mol. The fourth-order valence-corrected chi connectivity index (χ4v) is 6.29. The lowest BCUT2D eigenvalue weighted by Crippen LogP contribution is -2.58. The van der Waals surface area contributed by atoms with Gasteiger partial charge in [0.25, 0.3) is 5.91 Å². The fraction of sp³-hybridized carbons (Fsp3) is 0.581. The summed E-state index contributed by atoms with van der Waals surface area (Å²) in [5.74, 6) is -0.0569. The lowest BCUT2D eigenvalue weighted by molar-refractivity contribution is 0.0526. The molecule has 244 valence electrons. The summed E-state index contributed by atoms with van der Waals surface area (Å²) in [5.41, 5.74) is 7.15. The van der Waals surface area contributed by atoms with Gasteiger partial charge in [0.15, 0.2) is 22.5 Å². The largest absolute Gasteiger partial charge is 0.444 e. The number of nitrogens with two attached hydrogens (primary N) is 1. The maximum atomic E-state index is 12.7. The number of benzene rings is 1. The SMILES string of the molecule is CC[C@H]1CN(c2nc(N)c(C(=O)NCCNC(=O)OC(C)(C)C)nc2Cl)CCN1C1CCN(Cc2ccc(Cl)cc2C#N)CC1. The molecular weight excluding hydrogens is 617 g/mol. The van der Waals surface area contributed by atoms with Gasteiger partial charge in [0.05, 0.1) is 11.6 Å². The third-order valence-electron chi connectivity index (χ3n) is 8.07. The molecule has 2 aliphatic heterocycles. The summed E-state index contributed by atoms with van der Waals surface area (Å²) < 4.78 is 5.18. The summed E-state index contributed by atoms with van der Waals surface area (Å²) >= 11 is 12.6. The van der Waals surface area contributed by atoms with Gasteiger partial charge in [-0.2, -0.15) is 5.26 Å². The van der Waals surface area contributed by atoms with E-state index in [1.165, 1.54) is 0 Å². The molecule has 1 aromatic heterocycles. The van der Waals surface area contributed by atoms with Crippen molar-refractivity contribution in [3.8, 4) is 6.07 Å². The van der Waals surface area contributed by atoms with Crippen molar-refractivity contribution in [2.75, 3.05) is 56.4 Å². The number of halogens is 2. The highest BCUT2D eigenvalue weighted by Crippen LogP contribution is 2.30. The van der Waals surface area contributed by atoms with Crippen LogP contribution in [0.3, 0.4) is 0 Å². The molecule has 2 aliphatic rings. The molecule has 2 amide bonds. The number of piperazine rings is 1. The number of anilines is 2. The first-order valence-electron chi connectivity index (χ1n) is 15.4. The molecule has 12 nitrogen and oxygen atoms in total. The zero-order valence-electron chi connectivity index (χ0n) is 26.4. The highest BCUT2D eigenvalue weighted by Gasteiger charge is 2.34. The number of aromatic nitrogens is 2. The van der Waals surface area contributed by atoms with Gasteiger partial charge < -0.3 is 26.0 Å². The molecule has 2 saturated heterocycles. The summed E-state index contributed by atoms with van der Waals surface area (Å²) in [4.78, 5) is 40.4. The van der Waals surface area contributed by atoms with Gasteiger partial charge in [-0.1, -0.05) is 36.2 Å². The van der Waals surface area contributed by atoms with Crippen LogP contribution in [0.25, 0.3) is 0 Å². The van der Waals surface area contributed by atoms with E-state index in [9.17, 15) is 14.9 Å². The zero-order chi connectivity index (χ0) is 32.7. The average molecular weight is 661 g/mol. The first-order valence-corrected chi connectivity index (χ1v) is 16.1. The number of piperidine rings is 1. The van der Waals surface area contributed by atoms with Crippen molar-refractivity contribution in [2.24, 2.45) is 0 Å². The number of hydrogen-bond acceptors (Lipinski definition) is 10. The van der Waals surface area contributed by atoms with Crippen molar-refractivity contribution in [1.82, 2.24) is 30.4 Å². The number of hydrogen-bond donors (Lipinski definition) is 3. The van der Waals surface area contributed by atoms with E-state index in [1.807, 2.05) is 12.1 Å². The van der Waals surface area contributed by atoms with E-state index < -0.39 is 17.6 Å². The molecule has 2 aromatic rings. The van der Waals surface area contributed by atoms with Crippen LogP contribution >= 0.6 is 23.2 Å². The molecule has 0 saturated carbocycles. The number of nitriles is 1. The Balaban J connectivity index is 1.29. The van der Waals surface area contributed by atoms with Gasteiger partial charge >= 0.3 is 6.09 Å². The maximum Gasteiger partial charge on any atom is 0.407 e. The quantitative estimate of drug-likeness (QED) is 0.336. The van der Waals surface area contributed by atoms with E-state index >= 15 is 0 Å². The lowest BCUT2D eigenvalue weighted by atomic mass is 9.97. The second-order valence-corrected chi connectivity index (χ2v) is 13.2. The molecule has 3 heterocycles. The number of nitrogens with one attached hydrogen (secondary N) is 2. The molecule has 0 aliphatic carbocycles. The Morgan fingerprint density at radius 3 is 2.49 bits per heavy atom. The van der Waals surface area contributed by atoms with Gasteiger partial charge in [0.1, 0.15) is 5.60 Å². The third-order valence-corrected chi connectivity index (χ3v) is 8.56. The van der Waals surface area contributed by atoms with Crippen LogP contribution in [0.2, 0.25) is 10.2 Å². The number of amides is 2. The molecular formula is C31H43Cl2N9O3. The predicted octanol–water partition coefficient (Wildman–Crippen LogP) is 4.06. The number of carbonyl (C=O) groups is 2. The summed E-state index contributed by atoms with van der Waals surface area (Å²) in [7, 11) is 0. The maximum absolute atomic E-state index is 12.7. The minimum Gasteiger partial charge on any atom is -0.444 e. The smallest absolute Gasteiger partial charge is 0.407 e. The van der Waals surface area contributed by atoms with E-state index in [4.69, 9.17) is 33.7 Å². The minimum atomic E-state index is -0.610. The van der Waals surface area contributed by atoms with E-state index in [1.54, 1.807) is 26.8 Å². The number of likely N-dealkylation sites (tertiary alicyclic amines) is 1. The molecule has 1 atom stereocenters. The average Bonchev–Trinajstić information content (AvgIpc) is 3.00. The van der Waals surface area contributed by atoms with E-state index in [0.29, 0.717) is 35.0 Å². The number of alkyl carbamates (subject to hydrolysis) is 1. The van der Waals surface area contributed by atoms with E-state index in [-0.39, 0.29) is 29.8 Å². The Hall–Kier alpha value is -3.37. The normalized spacial score (nSPS) is 18.3. The topological polar surface area (TPSA) is 153 Å². The number of nitrogens with zero attached hydrogens (tertiary/aromatic N) is 6. The monoisotopic (exact) mass is 659 g/mol. The number of rotatable bonds is 9. The van der Waals surface area contributed by atoms with Crippen LogP contribution in [0, 0.1) is 11.3 Å². The van der Waals surface area contributed by atoms with Crippen molar-refractivity contribution in [3.05, 3.63) is 45.2 Å². The molecule has 14 heteroatoms. The van der Waals surface area contributed by atoms with Crippen molar-refractivity contribution < 1.29 is 14.3 Å². The minimum absolute atomic E-state index is 0.00454. The van der Waals surface area contributed by atoms with Crippen LogP contribution in [0.1, 0.15) is 68.6 Å². The Kier molecular flexibility index (Phi) is 11.7. The molecule has 0 unspecified atom stereocenters. The van der Waals surface area contributed by atoms with Gasteiger partial charge in [0, 0.05) is 56.4 Å². The van der Waals surface area contributed by atoms with Crippen LogP contribution in [-0.4, -0.2) is 95.3 Å². The number of carbonyl (C=O) groups excluding carboxylic acids is 2. The van der Waals surface area contributed by atoms with Gasteiger partial charge in [-0.25, -0.2) is 14.8 Å². The number of ether oxygens (including phenoxy) is 1. The second kappa shape index (κ2) is 15.3. The van der Waals surface area contributed by atoms with Crippen LogP contribution in [0.5, 0.6) is 0 Å². The Labute approximate surface area is 275 Å². The fourth-order valence-electron chi connectivity index (χ4n) is 5.87. The molecule has 45 heavy (non-hydrogen) atoms. The van der Waals surface area contributed by atoms with Gasteiger partial charge in [-0.3, -0.25) is 14.6 Å². The second-order valence-electron chi connectivity index (χ2n) is 12.4. The summed E-state index contributed by atoms with van der Waals surface area (Å²) in [6, 6.07) is 8.56. The van der Waals surface area contributed by atoms with Crippen LogP contribution < -0.4 is 21.3 Å². The highest BCUT2D eigenvalue weighted by molar-refractivity contribution is 6.32. The van der Waals surface area contributed by atoms with Gasteiger partial charge in [-0.15, -0.1) is 0 Å². The van der Waals surface area contributed by atoms with Crippen molar-refractivity contribution in [1.29, 1.82) is 5.26 Å². The molecule has 4 N–H and O–H groups in total.